The molecule has 1 atom stereocenters. The molecule has 1 unspecified atom stereocenters. The highest BCUT2D eigenvalue weighted by atomic mass is 79.9. The first kappa shape index (κ1) is 24.4. The Balaban J connectivity index is 2.11. The van der Waals surface area contributed by atoms with Gasteiger partial charge in [-0.1, -0.05) is 46.3 Å². The number of amides is 2. The highest BCUT2D eigenvalue weighted by Crippen LogP contribution is 2.19. The van der Waals surface area contributed by atoms with Crippen molar-refractivity contribution in [2.75, 3.05) is 5.75 Å². The van der Waals surface area contributed by atoms with Gasteiger partial charge in [0.05, 0.1) is 5.75 Å². The molecule has 4 nitrogen and oxygen atoms in total. The smallest absolute Gasteiger partial charge is 0.242 e. The maximum atomic E-state index is 13.8. The van der Waals surface area contributed by atoms with E-state index in [4.69, 9.17) is 0 Å². The first-order valence-electron chi connectivity index (χ1n) is 9.74. The maximum Gasteiger partial charge on any atom is 0.242 e. The fourth-order valence-electron chi connectivity index (χ4n) is 2.84. The van der Waals surface area contributed by atoms with Crippen LogP contribution in [0.4, 0.5) is 4.39 Å². The van der Waals surface area contributed by atoms with Crippen LogP contribution in [0.1, 0.15) is 38.8 Å². The van der Waals surface area contributed by atoms with E-state index in [-0.39, 0.29) is 23.4 Å². The van der Waals surface area contributed by atoms with Gasteiger partial charge in [0, 0.05) is 22.3 Å². The van der Waals surface area contributed by atoms with Crippen LogP contribution < -0.4 is 5.32 Å². The van der Waals surface area contributed by atoms with E-state index in [1.807, 2.05) is 45.0 Å². The number of carbonyl (C=O) groups excluding carboxylic acids is 2. The molecule has 0 heterocycles. The van der Waals surface area contributed by atoms with Gasteiger partial charge in [-0.2, -0.15) is 0 Å². The Morgan fingerprint density at radius 3 is 2.50 bits per heavy atom. The molecule has 7 heteroatoms. The second-order valence-electron chi connectivity index (χ2n) is 8.15. The Labute approximate surface area is 190 Å². The minimum absolute atomic E-state index is 0.159. The summed E-state index contributed by atoms with van der Waals surface area (Å²) in [7, 11) is 0. The summed E-state index contributed by atoms with van der Waals surface area (Å²) in [4.78, 5) is 27.4. The number of nitrogens with one attached hydrogen (secondary N) is 1. The van der Waals surface area contributed by atoms with Gasteiger partial charge in [0.25, 0.3) is 0 Å². The molecule has 2 aromatic rings. The zero-order valence-electron chi connectivity index (χ0n) is 17.7. The summed E-state index contributed by atoms with van der Waals surface area (Å²) in [6, 6.07) is 13.6. The van der Waals surface area contributed by atoms with Crippen LogP contribution in [0.2, 0.25) is 0 Å². The molecule has 0 aromatic heterocycles. The van der Waals surface area contributed by atoms with Crippen LogP contribution in [-0.4, -0.2) is 34.0 Å². The molecule has 0 spiro atoms. The summed E-state index contributed by atoms with van der Waals surface area (Å²) in [5.74, 6) is -0.0829. The minimum atomic E-state index is -0.634. The highest BCUT2D eigenvalue weighted by molar-refractivity contribution is 9.10. The number of benzene rings is 2. The van der Waals surface area contributed by atoms with Gasteiger partial charge in [0.1, 0.15) is 11.9 Å². The van der Waals surface area contributed by atoms with Crippen molar-refractivity contribution in [1.29, 1.82) is 0 Å². The molecule has 0 saturated carbocycles. The summed E-state index contributed by atoms with van der Waals surface area (Å²) in [5, 5.41) is 2.94. The molecular formula is C23H28BrFN2O2S. The summed E-state index contributed by atoms with van der Waals surface area (Å²) in [5.41, 5.74) is 1.09. The number of carbonyl (C=O) groups is 2. The zero-order valence-corrected chi connectivity index (χ0v) is 20.1. The molecule has 0 saturated heterocycles. The minimum Gasteiger partial charge on any atom is -0.350 e. The van der Waals surface area contributed by atoms with E-state index >= 15 is 0 Å². The third-order valence-electron chi connectivity index (χ3n) is 4.35. The monoisotopic (exact) mass is 494 g/mol. The summed E-state index contributed by atoms with van der Waals surface area (Å²) < 4.78 is 14.7. The Bertz CT molecular complexity index is 886. The number of halogens is 2. The van der Waals surface area contributed by atoms with Gasteiger partial charge >= 0.3 is 0 Å². The van der Waals surface area contributed by atoms with Gasteiger partial charge in [-0.25, -0.2) is 4.39 Å². The summed E-state index contributed by atoms with van der Waals surface area (Å²) in [6.45, 7) is 7.77. The lowest BCUT2D eigenvalue weighted by molar-refractivity contribution is -0.139. The summed E-state index contributed by atoms with van der Waals surface area (Å²) in [6.07, 6.45) is 0. The van der Waals surface area contributed by atoms with Crippen LogP contribution in [0.25, 0.3) is 0 Å². The second kappa shape index (κ2) is 11.0. The molecule has 0 aliphatic heterocycles. The van der Waals surface area contributed by atoms with Crippen LogP contribution in [0.3, 0.4) is 0 Å². The third kappa shape index (κ3) is 7.76. The zero-order chi connectivity index (χ0) is 22.3. The van der Waals surface area contributed by atoms with Gasteiger partial charge in [-0.05, 0) is 57.0 Å². The van der Waals surface area contributed by atoms with Gasteiger partial charge < -0.3 is 10.2 Å². The molecule has 0 radical (unpaired) electrons. The van der Waals surface area contributed by atoms with E-state index in [9.17, 15) is 14.0 Å². The molecular weight excluding hydrogens is 467 g/mol. The standard InChI is InChI=1S/C23H28BrFN2O2S/c1-16(22(29)26-23(2,3)4)27(13-17-8-7-10-19(24)12-17)21(28)15-30-14-18-9-5-6-11-20(18)25/h5-12,16H,13-15H2,1-4H3,(H,26,29). The van der Waals surface area contributed by atoms with E-state index in [0.29, 0.717) is 17.9 Å². The average molecular weight is 495 g/mol. The van der Waals surface area contributed by atoms with Crippen molar-refractivity contribution < 1.29 is 14.0 Å². The van der Waals surface area contributed by atoms with Gasteiger partial charge in [0.2, 0.25) is 11.8 Å². The first-order chi connectivity index (χ1) is 14.1. The van der Waals surface area contributed by atoms with Crippen molar-refractivity contribution in [3.63, 3.8) is 0 Å². The predicted octanol–water partition coefficient (Wildman–Crippen LogP) is 5.15. The quantitative estimate of drug-likeness (QED) is 0.551. The largest absolute Gasteiger partial charge is 0.350 e. The van der Waals surface area contributed by atoms with Crippen molar-refractivity contribution >= 4 is 39.5 Å². The lowest BCUT2D eigenvalue weighted by Crippen LogP contribution is -2.52. The van der Waals surface area contributed by atoms with E-state index < -0.39 is 11.6 Å². The SMILES string of the molecule is CC(C(=O)NC(C)(C)C)N(Cc1cccc(Br)c1)C(=O)CSCc1ccccc1F. The molecule has 0 bridgehead atoms. The molecule has 2 rings (SSSR count). The summed E-state index contributed by atoms with van der Waals surface area (Å²) >= 11 is 4.79. The van der Waals surface area contributed by atoms with E-state index in [1.54, 1.807) is 30.0 Å². The predicted molar refractivity (Wildman–Crippen MR) is 125 cm³/mol. The molecule has 1 N–H and O–H groups in total. The lowest BCUT2D eigenvalue weighted by Gasteiger charge is -2.31. The topological polar surface area (TPSA) is 49.4 Å². The van der Waals surface area contributed by atoms with Gasteiger partial charge in [-0.3, -0.25) is 9.59 Å². The number of rotatable bonds is 8. The molecule has 0 fully saturated rings. The maximum absolute atomic E-state index is 13.8. The van der Waals surface area contributed by atoms with Crippen molar-refractivity contribution in [1.82, 2.24) is 10.2 Å². The van der Waals surface area contributed by atoms with Crippen LogP contribution in [0.5, 0.6) is 0 Å². The highest BCUT2D eigenvalue weighted by Gasteiger charge is 2.28. The molecule has 2 amide bonds. The third-order valence-corrected chi connectivity index (χ3v) is 5.81. The lowest BCUT2D eigenvalue weighted by atomic mass is 10.1. The van der Waals surface area contributed by atoms with Gasteiger partial charge in [-0.15, -0.1) is 11.8 Å². The molecule has 2 aromatic carbocycles. The molecule has 30 heavy (non-hydrogen) atoms. The normalized spacial score (nSPS) is 12.3. The van der Waals surface area contributed by atoms with Gasteiger partial charge in [0.15, 0.2) is 0 Å². The molecule has 0 aliphatic rings. The first-order valence-corrected chi connectivity index (χ1v) is 11.7. The number of hydrogen-bond acceptors (Lipinski definition) is 3. The Hall–Kier alpha value is -1.86. The van der Waals surface area contributed by atoms with E-state index in [1.165, 1.54) is 17.8 Å². The Morgan fingerprint density at radius 2 is 1.87 bits per heavy atom. The Kier molecular flexibility index (Phi) is 8.92. The fourth-order valence-corrected chi connectivity index (χ4v) is 4.18. The van der Waals surface area contributed by atoms with Crippen molar-refractivity contribution in [2.45, 2.75) is 51.6 Å². The number of thioether (sulfide) groups is 1. The average Bonchev–Trinajstić information content (AvgIpc) is 2.65. The fraction of sp³-hybridized carbons (Fsp3) is 0.391. The van der Waals surface area contributed by atoms with E-state index in [0.717, 1.165) is 10.0 Å². The van der Waals surface area contributed by atoms with Crippen LogP contribution >= 0.6 is 27.7 Å². The molecule has 0 aliphatic carbocycles. The van der Waals surface area contributed by atoms with Crippen molar-refractivity contribution in [3.05, 3.63) is 69.9 Å². The van der Waals surface area contributed by atoms with Crippen molar-refractivity contribution in [2.24, 2.45) is 0 Å². The molecule has 162 valence electrons. The number of hydrogen-bond donors (Lipinski definition) is 1. The number of nitrogens with zero attached hydrogens (tertiary/aromatic N) is 1. The van der Waals surface area contributed by atoms with Crippen LogP contribution in [-0.2, 0) is 21.9 Å². The van der Waals surface area contributed by atoms with Crippen molar-refractivity contribution in [3.8, 4) is 0 Å². The van der Waals surface area contributed by atoms with Crippen LogP contribution in [0.15, 0.2) is 53.0 Å². The Morgan fingerprint density at radius 1 is 1.17 bits per heavy atom. The van der Waals surface area contributed by atoms with E-state index in [2.05, 4.69) is 21.2 Å². The second-order valence-corrected chi connectivity index (χ2v) is 10.1. The van der Waals surface area contributed by atoms with Crippen LogP contribution in [0, 0.1) is 5.82 Å².